The summed E-state index contributed by atoms with van der Waals surface area (Å²) in [7, 11) is 1.82. The van der Waals surface area contributed by atoms with E-state index >= 15 is 0 Å². The summed E-state index contributed by atoms with van der Waals surface area (Å²) in [5, 5.41) is 7.04. The molecule has 0 fully saturated rings. The zero-order chi connectivity index (χ0) is 9.84. The van der Waals surface area contributed by atoms with Gasteiger partial charge in [-0.2, -0.15) is 5.10 Å². The molecule has 1 aromatic rings. The van der Waals surface area contributed by atoms with E-state index in [-0.39, 0.29) is 5.91 Å². The highest BCUT2D eigenvalue weighted by molar-refractivity contribution is 9.10. The lowest BCUT2D eigenvalue weighted by molar-refractivity contribution is -0.117. The molecule has 72 valence electrons. The van der Waals surface area contributed by atoms with Crippen LogP contribution in [0.3, 0.4) is 0 Å². The number of rotatable bonds is 4. The number of halogens is 1. The van der Waals surface area contributed by atoms with E-state index in [1.165, 1.54) is 0 Å². The maximum atomic E-state index is 10.4. The quantitative estimate of drug-likeness (QED) is 0.812. The number of anilines is 1. The third kappa shape index (κ3) is 2.73. The Morgan fingerprint density at radius 2 is 2.54 bits per heavy atom. The highest BCUT2D eigenvalue weighted by Crippen LogP contribution is 2.19. The molecule has 0 saturated heterocycles. The monoisotopic (exact) mass is 246 g/mol. The van der Waals surface area contributed by atoms with E-state index in [1.54, 1.807) is 10.9 Å². The molecular weight excluding hydrogens is 236 g/mol. The molecule has 1 heterocycles. The molecule has 5 nitrogen and oxygen atoms in total. The molecule has 0 aliphatic rings. The van der Waals surface area contributed by atoms with Crippen molar-refractivity contribution in [1.29, 1.82) is 0 Å². The zero-order valence-electron chi connectivity index (χ0n) is 7.25. The second kappa shape index (κ2) is 4.27. The van der Waals surface area contributed by atoms with Crippen molar-refractivity contribution in [3.05, 3.63) is 10.8 Å². The van der Waals surface area contributed by atoms with Crippen LogP contribution in [0.4, 0.5) is 5.69 Å². The van der Waals surface area contributed by atoms with Crippen molar-refractivity contribution < 1.29 is 4.79 Å². The van der Waals surface area contributed by atoms with E-state index in [4.69, 9.17) is 5.73 Å². The highest BCUT2D eigenvalue weighted by atomic mass is 79.9. The molecule has 6 heteroatoms. The van der Waals surface area contributed by atoms with Crippen LogP contribution in [0, 0.1) is 0 Å². The number of aromatic nitrogens is 2. The standard InChI is InChI=1S/C7H11BrN4O/c1-12-7(8)5(4-11-12)10-3-2-6(9)13/h4,10H,2-3H2,1H3,(H2,9,13). The van der Waals surface area contributed by atoms with Crippen LogP contribution in [0.5, 0.6) is 0 Å². The molecule has 0 aliphatic carbocycles. The SMILES string of the molecule is Cn1ncc(NCCC(N)=O)c1Br. The van der Waals surface area contributed by atoms with Crippen molar-refractivity contribution >= 4 is 27.5 Å². The maximum absolute atomic E-state index is 10.4. The molecule has 0 atom stereocenters. The first-order valence-corrected chi connectivity index (χ1v) is 4.60. The van der Waals surface area contributed by atoms with Crippen molar-refractivity contribution in [2.45, 2.75) is 6.42 Å². The van der Waals surface area contributed by atoms with Gasteiger partial charge in [-0.05, 0) is 15.9 Å². The minimum atomic E-state index is -0.312. The van der Waals surface area contributed by atoms with Crippen molar-refractivity contribution in [3.8, 4) is 0 Å². The Balaban J connectivity index is 2.45. The Morgan fingerprint density at radius 3 is 3.00 bits per heavy atom. The van der Waals surface area contributed by atoms with Crippen molar-refractivity contribution in [2.75, 3.05) is 11.9 Å². The summed E-state index contributed by atoms with van der Waals surface area (Å²) in [6.45, 7) is 0.527. The van der Waals surface area contributed by atoms with Crippen molar-refractivity contribution in [3.63, 3.8) is 0 Å². The summed E-state index contributed by atoms with van der Waals surface area (Å²) in [5.41, 5.74) is 5.85. The van der Waals surface area contributed by atoms with Crippen LogP contribution in [0.2, 0.25) is 0 Å². The van der Waals surface area contributed by atoms with Gasteiger partial charge in [0.05, 0.1) is 11.9 Å². The van der Waals surface area contributed by atoms with Crippen LogP contribution in [-0.2, 0) is 11.8 Å². The molecule has 3 N–H and O–H groups in total. The van der Waals surface area contributed by atoms with E-state index in [0.29, 0.717) is 13.0 Å². The first kappa shape index (κ1) is 10.0. The van der Waals surface area contributed by atoms with Gasteiger partial charge in [0.2, 0.25) is 5.91 Å². The lowest BCUT2D eigenvalue weighted by atomic mass is 10.4. The predicted octanol–water partition coefficient (Wildman–Crippen LogP) is 0.470. The molecule has 1 rings (SSSR count). The number of aryl methyl sites for hydroxylation is 1. The number of primary amides is 1. The predicted molar refractivity (Wildman–Crippen MR) is 53.2 cm³/mol. The zero-order valence-corrected chi connectivity index (χ0v) is 8.84. The molecule has 0 bridgehead atoms. The lowest BCUT2D eigenvalue weighted by Gasteiger charge is -2.01. The molecule has 0 unspecified atom stereocenters. The number of hydrogen-bond donors (Lipinski definition) is 2. The van der Waals surface area contributed by atoms with Crippen LogP contribution in [-0.4, -0.2) is 22.2 Å². The van der Waals surface area contributed by atoms with Crippen LogP contribution in [0.1, 0.15) is 6.42 Å². The van der Waals surface area contributed by atoms with Gasteiger partial charge in [-0.1, -0.05) is 0 Å². The molecule has 13 heavy (non-hydrogen) atoms. The van der Waals surface area contributed by atoms with E-state index in [1.807, 2.05) is 7.05 Å². The van der Waals surface area contributed by atoms with Gasteiger partial charge in [0, 0.05) is 20.0 Å². The van der Waals surface area contributed by atoms with E-state index in [0.717, 1.165) is 10.3 Å². The van der Waals surface area contributed by atoms with Gasteiger partial charge in [-0.3, -0.25) is 9.48 Å². The number of nitrogens with two attached hydrogens (primary N) is 1. The molecular formula is C7H11BrN4O. The minimum Gasteiger partial charge on any atom is -0.381 e. The largest absolute Gasteiger partial charge is 0.381 e. The summed E-state index contributed by atoms with van der Waals surface area (Å²) in [6.07, 6.45) is 2.01. The average Bonchev–Trinajstić information content (AvgIpc) is 2.35. The van der Waals surface area contributed by atoms with Gasteiger partial charge >= 0.3 is 0 Å². The third-order valence-corrected chi connectivity index (χ3v) is 2.49. The average molecular weight is 247 g/mol. The summed E-state index contributed by atoms with van der Waals surface area (Å²) < 4.78 is 2.55. The van der Waals surface area contributed by atoms with Gasteiger partial charge in [0.15, 0.2) is 0 Å². The van der Waals surface area contributed by atoms with Gasteiger partial charge in [0.25, 0.3) is 0 Å². The molecule has 0 radical (unpaired) electrons. The summed E-state index contributed by atoms with van der Waals surface area (Å²) in [4.78, 5) is 10.4. The fourth-order valence-electron chi connectivity index (χ4n) is 0.862. The Bertz CT molecular complexity index is 309. The van der Waals surface area contributed by atoms with Gasteiger partial charge in [0.1, 0.15) is 4.60 Å². The smallest absolute Gasteiger partial charge is 0.219 e. The third-order valence-electron chi connectivity index (χ3n) is 1.55. The van der Waals surface area contributed by atoms with E-state index < -0.39 is 0 Å². The normalized spacial score (nSPS) is 10.0. The van der Waals surface area contributed by atoms with Crippen LogP contribution in [0.25, 0.3) is 0 Å². The number of amides is 1. The van der Waals surface area contributed by atoms with E-state index in [2.05, 4.69) is 26.3 Å². The summed E-state index contributed by atoms with van der Waals surface area (Å²) in [6, 6.07) is 0. The van der Waals surface area contributed by atoms with Crippen LogP contribution in [0.15, 0.2) is 10.8 Å². The van der Waals surface area contributed by atoms with Crippen LogP contribution >= 0.6 is 15.9 Å². The molecule has 0 aromatic carbocycles. The van der Waals surface area contributed by atoms with Gasteiger partial charge in [-0.25, -0.2) is 0 Å². The lowest BCUT2D eigenvalue weighted by Crippen LogP contribution is -2.15. The number of nitrogens with one attached hydrogen (secondary N) is 1. The highest BCUT2D eigenvalue weighted by Gasteiger charge is 2.03. The van der Waals surface area contributed by atoms with Crippen molar-refractivity contribution in [2.24, 2.45) is 12.8 Å². The van der Waals surface area contributed by atoms with Crippen LogP contribution < -0.4 is 11.1 Å². The van der Waals surface area contributed by atoms with Gasteiger partial charge < -0.3 is 11.1 Å². The molecule has 0 aliphatic heterocycles. The molecule has 0 saturated carbocycles. The Hall–Kier alpha value is -1.04. The second-order valence-electron chi connectivity index (χ2n) is 2.62. The number of hydrogen-bond acceptors (Lipinski definition) is 3. The minimum absolute atomic E-state index is 0.312. The van der Waals surface area contributed by atoms with E-state index in [9.17, 15) is 4.79 Å². The number of nitrogens with zero attached hydrogens (tertiary/aromatic N) is 2. The first-order valence-electron chi connectivity index (χ1n) is 3.81. The first-order chi connectivity index (χ1) is 6.11. The topological polar surface area (TPSA) is 72.9 Å². The Labute approximate surface area is 84.4 Å². The summed E-state index contributed by atoms with van der Waals surface area (Å²) >= 11 is 3.34. The second-order valence-corrected chi connectivity index (χ2v) is 3.37. The fraction of sp³-hybridized carbons (Fsp3) is 0.429. The molecule has 1 amide bonds. The summed E-state index contributed by atoms with van der Waals surface area (Å²) in [5.74, 6) is -0.312. The van der Waals surface area contributed by atoms with Gasteiger partial charge in [-0.15, -0.1) is 0 Å². The maximum Gasteiger partial charge on any atom is 0.219 e. The Morgan fingerprint density at radius 1 is 1.85 bits per heavy atom. The van der Waals surface area contributed by atoms with Crippen molar-refractivity contribution in [1.82, 2.24) is 9.78 Å². The molecule has 1 aromatic heterocycles. The number of carbonyl (C=O) groups excluding carboxylic acids is 1. The molecule has 0 spiro atoms. The number of carbonyl (C=O) groups is 1. The Kier molecular flexibility index (Phi) is 3.30. The fourth-order valence-corrected chi connectivity index (χ4v) is 1.20.